The van der Waals surface area contributed by atoms with E-state index in [-0.39, 0.29) is 0 Å². The van der Waals surface area contributed by atoms with Crippen molar-refractivity contribution in [2.75, 3.05) is 5.84 Å². The molecular weight excluding hydrogens is 196 g/mol. The summed E-state index contributed by atoms with van der Waals surface area (Å²) in [5.41, 5.74) is 4.67. The van der Waals surface area contributed by atoms with Crippen LogP contribution in [0.15, 0.2) is 36.4 Å². The lowest BCUT2D eigenvalue weighted by Gasteiger charge is -1.99. The maximum Gasteiger partial charge on any atom is 0.0706 e. The van der Waals surface area contributed by atoms with E-state index in [0.29, 0.717) is 0 Å². The summed E-state index contributed by atoms with van der Waals surface area (Å²) in [4.78, 5) is 0. The van der Waals surface area contributed by atoms with Gasteiger partial charge in [0, 0.05) is 10.8 Å². The number of hydrogen-bond donors (Lipinski definition) is 1. The minimum Gasteiger partial charge on any atom is -0.339 e. The Morgan fingerprint density at radius 2 is 1.25 bits per heavy atom. The molecule has 3 rings (SSSR count). The van der Waals surface area contributed by atoms with Gasteiger partial charge >= 0.3 is 0 Å². The van der Waals surface area contributed by atoms with Crippen molar-refractivity contribution in [1.29, 1.82) is 0 Å². The molecule has 0 unspecified atom stereocenters. The van der Waals surface area contributed by atoms with Crippen LogP contribution in [-0.2, 0) is 0 Å². The number of aromatic nitrogens is 1. The highest BCUT2D eigenvalue weighted by Crippen LogP contribution is 2.28. The first-order valence-electron chi connectivity index (χ1n) is 5.43. The summed E-state index contributed by atoms with van der Waals surface area (Å²) in [5, 5.41) is 2.45. The molecule has 1 heterocycles. The molecule has 3 aromatic rings. The Morgan fingerprint density at radius 1 is 0.812 bits per heavy atom. The lowest BCUT2D eigenvalue weighted by molar-refractivity contribution is 1.12. The van der Waals surface area contributed by atoms with E-state index in [1.54, 1.807) is 4.68 Å². The maximum absolute atomic E-state index is 6.13. The molecule has 0 aliphatic carbocycles. The van der Waals surface area contributed by atoms with Gasteiger partial charge in [-0.1, -0.05) is 24.3 Å². The monoisotopic (exact) mass is 210 g/mol. The number of rotatable bonds is 0. The minimum atomic E-state index is 1.10. The molecule has 16 heavy (non-hydrogen) atoms. The topological polar surface area (TPSA) is 30.9 Å². The Balaban J connectivity index is 2.59. The van der Waals surface area contributed by atoms with Gasteiger partial charge in [-0.25, -0.2) is 0 Å². The number of aryl methyl sites for hydroxylation is 2. The van der Waals surface area contributed by atoms with E-state index >= 15 is 0 Å². The zero-order chi connectivity index (χ0) is 11.3. The van der Waals surface area contributed by atoms with E-state index < -0.39 is 0 Å². The lowest BCUT2D eigenvalue weighted by Crippen LogP contribution is -2.06. The van der Waals surface area contributed by atoms with E-state index in [0.717, 1.165) is 11.0 Å². The fraction of sp³-hybridized carbons (Fsp3) is 0.143. The second kappa shape index (κ2) is 3.01. The Bertz CT molecular complexity index is 633. The molecule has 0 aliphatic rings. The predicted octanol–water partition coefficient (Wildman–Crippen LogP) is 3.13. The van der Waals surface area contributed by atoms with Crippen LogP contribution in [0.2, 0.25) is 0 Å². The molecule has 2 heteroatoms. The van der Waals surface area contributed by atoms with Crippen LogP contribution in [0.1, 0.15) is 11.1 Å². The molecule has 0 fully saturated rings. The third kappa shape index (κ3) is 1.13. The number of nitrogens with zero attached hydrogens (tertiary/aromatic N) is 1. The Hall–Kier alpha value is -1.96. The molecule has 2 aromatic carbocycles. The van der Waals surface area contributed by atoms with Gasteiger partial charge in [0.25, 0.3) is 0 Å². The number of nitrogen functional groups attached to an aromatic ring is 1. The second-order valence-corrected chi connectivity index (χ2v) is 4.41. The van der Waals surface area contributed by atoms with Gasteiger partial charge in [-0.2, -0.15) is 0 Å². The first-order valence-corrected chi connectivity index (χ1v) is 5.43. The number of hydrogen-bond acceptors (Lipinski definition) is 1. The van der Waals surface area contributed by atoms with Crippen molar-refractivity contribution in [3.05, 3.63) is 47.5 Å². The van der Waals surface area contributed by atoms with Crippen molar-refractivity contribution < 1.29 is 0 Å². The van der Waals surface area contributed by atoms with Gasteiger partial charge in [-0.15, -0.1) is 0 Å². The summed E-state index contributed by atoms with van der Waals surface area (Å²) < 4.78 is 1.78. The molecule has 2 nitrogen and oxygen atoms in total. The average Bonchev–Trinajstić information content (AvgIpc) is 2.53. The van der Waals surface area contributed by atoms with Gasteiger partial charge in [-0.3, -0.25) is 4.68 Å². The van der Waals surface area contributed by atoms with Gasteiger partial charge < -0.3 is 5.84 Å². The molecule has 0 aliphatic heterocycles. The second-order valence-electron chi connectivity index (χ2n) is 4.41. The zero-order valence-corrected chi connectivity index (χ0v) is 9.49. The van der Waals surface area contributed by atoms with Gasteiger partial charge in [0.05, 0.1) is 11.0 Å². The summed E-state index contributed by atoms with van der Waals surface area (Å²) in [7, 11) is 0. The summed E-state index contributed by atoms with van der Waals surface area (Å²) in [6, 6.07) is 12.8. The molecule has 0 atom stereocenters. The molecule has 80 valence electrons. The fourth-order valence-corrected chi connectivity index (χ4v) is 2.27. The minimum absolute atomic E-state index is 1.10. The van der Waals surface area contributed by atoms with E-state index in [1.165, 1.54) is 21.9 Å². The van der Waals surface area contributed by atoms with Crippen molar-refractivity contribution in [2.45, 2.75) is 13.8 Å². The van der Waals surface area contributed by atoms with Gasteiger partial charge in [0.2, 0.25) is 0 Å². The van der Waals surface area contributed by atoms with E-state index in [1.807, 2.05) is 0 Å². The Morgan fingerprint density at radius 3 is 1.69 bits per heavy atom. The van der Waals surface area contributed by atoms with Crippen molar-refractivity contribution >= 4 is 21.8 Å². The van der Waals surface area contributed by atoms with Crippen LogP contribution in [0.25, 0.3) is 21.8 Å². The van der Waals surface area contributed by atoms with Crippen LogP contribution < -0.4 is 5.84 Å². The molecule has 0 amide bonds. The maximum atomic E-state index is 6.13. The van der Waals surface area contributed by atoms with Crippen LogP contribution in [0.4, 0.5) is 0 Å². The average molecular weight is 210 g/mol. The molecule has 0 saturated heterocycles. The van der Waals surface area contributed by atoms with Crippen LogP contribution in [0.3, 0.4) is 0 Å². The molecule has 0 bridgehead atoms. The van der Waals surface area contributed by atoms with E-state index in [2.05, 4.69) is 50.2 Å². The van der Waals surface area contributed by atoms with Crippen molar-refractivity contribution in [2.24, 2.45) is 0 Å². The SMILES string of the molecule is Cc1ccc2c3ccc(C)cc3n(N)c2c1. The normalized spacial score (nSPS) is 11.4. The molecular formula is C14H14N2. The quantitative estimate of drug-likeness (QED) is 0.568. The standard InChI is InChI=1S/C14H14N2/c1-9-3-5-11-12-6-4-10(2)8-14(12)16(15)13(11)7-9/h3-8H,15H2,1-2H3. The largest absolute Gasteiger partial charge is 0.339 e. The van der Waals surface area contributed by atoms with Crippen LogP contribution >= 0.6 is 0 Å². The van der Waals surface area contributed by atoms with E-state index in [4.69, 9.17) is 5.84 Å². The molecule has 0 saturated carbocycles. The van der Waals surface area contributed by atoms with E-state index in [9.17, 15) is 0 Å². The first-order chi connectivity index (χ1) is 7.66. The summed E-state index contributed by atoms with van der Waals surface area (Å²) in [6.07, 6.45) is 0. The number of nitrogens with two attached hydrogens (primary N) is 1. The molecule has 2 N–H and O–H groups in total. The van der Waals surface area contributed by atoms with Crippen molar-refractivity contribution in [3.8, 4) is 0 Å². The predicted molar refractivity (Wildman–Crippen MR) is 69.1 cm³/mol. The highest BCUT2D eigenvalue weighted by atomic mass is 15.3. The van der Waals surface area contributed by atoms with Crippen LogP contribution in [-0.4, -0.2) is 4.68 Å². The Labute approximate surface area is 94.3 Å². The number of benzene rings is 2. The lowest BCUT2D eigenvalue weighted by atomic mass is 10.1. The fourth-order valence-electron chi connectivity index (χ4n) is 2.27. The van der Waals surface area contributed by atoms with Gasteiger partial charge in [-0.05, 0) is 37.1 Å². The summed E-state index contributed by atoms with van der Waals surface area (Å²) >= 11 is 0. The Kier molecular flexibility index (Phi) is 1.75. The van der Waals surface area contributed by atoms with Crippen LogP contribution in [0, 0.1) is 13.8 Å². The van der Waals surface area contributed by atoms with Crippen LogP contribution in [0.5, 0.6) is 0 Å². The zero-order valence-electron chi connectivity index (χ0n) is 9.49. The molecule has 1 aromatic heterocycles. The highest BCUT2D eigenvalue weighted by molar-refractivity contribution is 6.08. The summed E-state index contributed by atoms with van der Waals surface area (Å²) in [5.74, 6) is 6.13. The third-order valence-corrected chi connectivity index (χ3v) is 3.12. The van der Waals surface area contributed by atoms with Gasteiger partial charge in [0.1, 0.15) is 0 Å². The highest BCUT2D eigenvalue weighted by Gasteiger charge is 2.08. The van der Waals surface area contributed by atoms with Gasteiger partial charge in [0.15, 0.2) is 0 Å². The molecule has 0 radical (unpaired) electrons. The molecule has 0 spiro atoms. The summed E-state index contributed by atoms with van der Waals surface area (Å²) in [6.45, 7) is 4.17. The first kappa shape index (κ1) is 9.28. The van der Waals surface area contributed by atoms with Crippen molar-refractivity contribution in [3.63, 3.8) is 0 Å². The smallest absolute Gasteiger partial charge is 0.0706 e. The van der Waals surface area contributed by atoms with Crippen molar-refractivity contribution in [1.82, 2.24) is 4.68 Å². The third-order valence-electron chi connectivity index (χ3n) is 3.12. The number of fused-ring (bicyclic) bond motifs is 3.